The van der Waals surface area contributed by atoms with Gasteiger partial charge in [0.2, 0.25) is 0 Å². The normalized spacial score (nSPS) is 18.0. The second-order valence-electron chi connectivity index (χ2n) is 4.25. The van der Waals surface area contributed by atoms with Crippen LogP contribution in [-0.2, 0) is 27.7 Å². The molecule has 0 aromatic carbocycles. The van der Waals surface area contributed by atoms with Crippen molar-refractivity contribution in [1.29, 1.82) is 0 Å². The second kappa shape index (κ2) is 8.59. The Hall–Kier alpha value is -1.81. The van der Waals surface area contributed by atoms with Crippen molar-refractivity contribution in [3.8, 4) is 0 Å². The van der Waals surface area contributed by atoms with Crippen LogP contribution in [0.1, 0.15) is 20.8 Å². The molecule has 1 aliphatic rings. The van der Waals surface area contributed by atoms with Crippen molar-refractivity contribution < 1.29 is 27.7 Å². The molecule has 0 aliphatic heterocycles. The molecule has 0 fully saturated rings. The Kier molecular flexibility index (Phi) is 7.12. The Morgan fingerprint density at radius 3 is 1.86 bits per heavy atom. The molecule has 118 valence electrons. The predicted molar refractivity (Wildman–Crippen MR) is 81.1 cm³/mol. The summed E-state index contributed by atoms with van der Waals surface area (Å²) in [5.41, 5.74) is -0.971. The summed E-state index contributed by atoms with van der Waals surface area (Å²) in [6, 6.07) is 0. The van der Waals surface area contributed by atoms with Crippen molar-refractivity contribution in [2.45, 2.75) is 26.3 Å². The minimum atomic E-state index is -3.31. The molecule has 0 amide bonds. The summed E-state index contributed by atoms with van der Waals surface area (Å²) in [6.07, 6.45) is 2.96. The molecule has 22 heavy (non-hydrogen) atoms. The number of hydrogen-bond donors (Lipinski definition) is 0. The van der Waals surface area contributed by atoms with Crippen LogP contribution in [0.2, 0.25) is 5.54 Å². The van der Waals surface area contributed by atoms with Crippen LogP contribution in [0.3, 0.4) is 0 Å². The van der Waals surface area contributed by atoms with Gasteiger partial charge in [-0.3, -0.25) is 0 Å². The van der Waals surface area contributed by atoms with Crippen LogP contribution >= 0.6 is 0 Å². The van der Waals surface area contributed by atoms with E-state index in [1.54, 1.807) is 44.7 Å². The summed E-state index contributed by atoms with van der Waals surface area (Å²) >= 11 is 0. The third-order valence-corrected chi connectivity index (χ3v) is 6.36. The quantitative estimate of drug-likeness (QED) is 0.518. The van der Waals surface area contributed by atoms with Gasteiger partial charge >= 0.3 is 8.80 Å². The summed E-state index contributed by atoms with van der Waals surface area (Å²) in [5.74, 6) is 4.93. The van der Waals surface area contributed by atoms with Crippen LogP contribution in [0.5, 0.6) is 0 Å². The monoisotopic (exact) mass is 322 g/mol. The highest BCUT2D eigenvalue weighted by Gasteiger charge is 2.52. The highest BCUT2D eigenvalue weighted by Crippen LogP contribution is 2.40. The maximum absolute atomic E-state index is 11.4. The zero-order valence-corrected chi connectivity index (χ0v) is 13.8. The first kappa shape index (κ1) is 18.2. The van der Waals surface area contributed by atoms with Gasteiger partial charge in [-0.25, -0.2) is 14.4 Å². The van der Waals surface area contributed by atoms with Crippen LogP contribution in [0.15, 0.2) is 28.9 Å². The summed E-state index contributed by atoms with van der Waals surface area (Å²) in [6.45, 7) is 6.30. The van der Waals surface area contributed by atoms with E-state index >= 15 is 0 Å². The van der Waals surface area contributed by atoms with Gasteiger partial charge < -0.3 is 13.3 Å². The molecule has 1 aliphatic carbocycles. The van der Waals surface area contributed by atoms with Crippen molar-refractivity contribution >= 4 is 26.6 Å². The van der Waals surface area contributed by atoms with Crippen molar-refractivity contribution in [3.63, 3.8) is 0 Å². The molecule has 1 rings (SSSR count). The van der Waals surface area contributed by atoms with E-state index in [0.717, 1.165) is 0 Å². The van der Waals surface area contributed by atoms with Gasteiger partial charge in [0.1, 0.15) is 17.8 Å². The highest BCUT2D eigenvalue weighted by atomic mass is 28.4. The average Bonchev–Trinajstić information content (AvgIpc) is 2.53. The van der Waals surface area contributed by atoms with E-state index in [1.165, 1.54) is 6.08 Å². The number of hydrogen-bond acceptors (Lipinski definition) is 6. The Bertz CT molecular complexity index is 572. The molecule has 0 saturated carbocycles. The smallest absolute Gasteiger partial charge is 0.373 e. The third kappa shape index (κ3) is 3.50. The lowest BCUT2D eigenvalue weighted by Crippen LogP contribution is -2.51. The molecule has 0 heterocycles. The largest absolute Gasteiger partial charge is 0.513 e. The number of rotatable bonds is 7. The van der Waals surface area contributed by atoms with Crippen molar-refractivity contribution in [1.82, 2.24) is 0 Å². The molecule has 0 spiro atoms. The van der Waals surface area contributed by atoms with E-state index < -0.39 is 14.3 Å². The molecule has 0 bridgehead atoms. The molecule has 0 saturated heterocycles. The molecular weight excluding hydrogens is 304 g/mol. The lowest BCUT2D eigenvalue weighted by molar-refractivity contribution is 0.0682. The van der Waals surface area contributed by atoms with Gasteiger partial charge in [0.05, 0.1) is 22.3 Å². The topological polar surface area (TPSA) is 78.9 Å². The predicted octanol–water partition coefficient (Wildman–Crippen LogP) is 1.25. The first-order chi connectivity index (χ1) is 10.6. The van der Waals surface area contributed by atoms with E-state index in [-0.39, 0.29) is 16.7 Å². The van der Waals surface area contributed by atoms with Crippen LogP contribution in [0.25, 0.3) is 0 Å². The lowest BCUT2D eigenvalue weighted by Gasteiger charge is -2.35. The van der Waals surface area contributed by atoms with Crippen LogP contribution < -0.4 is 0 Å². The number of allylic oxidation sites excluding steroid dienone is 5. The SMILES string of the molecule is CCO[Si](OCC)(OCC)C1C=CC(=C=O)C(=C=O)C1=C=O. The van der Waals surface area contributed by atoms with E-state index in [9.17, 15) is 14.4 Å². The Morgan fingerprint density at radius 2 is 1.50 bits per heavy atom. The fourth-order valence-electron chi connectivity index (χ4n) is 2.27. The van der Waals surface area contributed by atoms with Gasteiger partial charge in [0.25, 0.3) is 0 Å². The zero-order chi connectivity index (χ0) is 16.6. The maximum atomic E-state index is 11.4. The minimum Gasteiger partial charge on any atom is -0.373 e. The standard InChI is InChI=1S/C15H18O6Si/c1-4-19-22(20-5-2,21-6-3)15-8-7-12(9-16)13(10-17)14(15)11-18/h7-8,15H,4-6H2,1-3H3. The molecule has 7 heteroatoms. The Labute approximate surface area is 130 Å². The molecule has 0 N–H and O–H groups in total. The van der Waals surface area contributed by atoms with Gasteiger partial charge in [0.15, 0.2) is 0 Å². The van der Waals surface area contributed by atoms with Crippen LogP contribution in [-0.4, -0.2) is 46.4 Å². The van der Waals surface area contributed by atoms with E-state index in [4.69, 9.17) is 13.3 Å². The first-order valence-corrected chi connectivity index (χ1v) is 8.80. The van der Waals surface area contributed by atoms with Gasteiger partial charge in [0, 0.05) is 19.8 Å². The van der Waals surface area contributed by atoms with Gasteiger partial charge in [-0.15, -0.1) is 0 Å². The van der Waals surface area contributed by atoms with Gasteiger partial charge in [-0.05, 0) is 26.8 Å². The van der Waals surface area contributed by atoms with Crippen molar-refractivity contribution in [2.24, 2.45) is 0 Å². The molecule has 0 aromatic heterocycles. The molecule has 1 unspecified atom stereocenters. The minimum absolute atomic E-state index is 0.0436. The maximum Gasteiger partial charge on any atom is 0.513 e. The van der Waals surface area contributed by atoms with Crippen molar-refractivity contribution in [2.75, 3.05) is 19.8 Å². The van der Waals surface area contributed by atoms with Crippen LogP contribution in [0, 0.1) is 0 Å². The molecule has 6 nitrogen and oxygen atoms in total. The fraction of sp³-hybridized carbons (Fsp3) is 0.467. The van der Waals surface area contributed by atoms with Crippen LogP contribution in [0.4, 0.5) is 0 Å². The molecule has 0 radical (unpaired) electrons. The fourth-order valence-corrected chi connectivity index (χ4v) is 5.16. The average molecular weight is 322 g/mol. The van der Waals surface area contributed by atoms with Gasteiger partial charge in [-0.2, -0.15) is 0 Å². The second-order valence-corrected chi connectivity index (χ2v) is 6.94. The summed E-state index contributed by atoms with van der Waals surface area (Å²) in [4.78, 5) is 33.4. The third-order valence-electron chi connectivity index (χ3n) is 3.04. The van der Waals surface area contributed by atoms with E-state index in [2.05, 4.69) is 0 Å². The lowest BCUT2D eigenvalue weighted by atomic mass is 9.93. The highest BCUT2D eigenvalue weighted by molar-refractivity contribution is 6.64. The first-order valence-electron chi connectivity index (χ1n) is 6.99. The van der Waals surface area contributed by atoms with E-state index in [1.807, 2.05) is 0 Å². The summed E-state index contributed by atoms with van der Waals surface area (Å²) in [7, 11) is -3.31. The molecular formula is C15H18O6Si. The Balaban J connectivity index is 3.49. The van der Waals surface area contributed by atoms with E-state index in [0.29, 0.717) is 19.8 Å². The summed E-state index contributed by atoms with van der Waals surface area (Å²) in [5, 5.41) is 0. The molecule has 0 aromatic rings. The summed E-state index contributed by atoms with van der Waals surface area (Å²) < 4.78 is 17.2. The number of carbonyl (C=O) groups excluding carboxylic acids is 3. The van der Waals surface area contributed by atoms with Gasteiger partial charge in [-0.1, -0.05) is 6.08 Å². The Morgan fingerprint density at radius 1 is 0.955 bits per heavy atom. The van der Waals surface area contributed by atoms with Crippen molar-refractivity contribution in [3.05, 3.63) is 28.9 Å². The molecule has 1 atom stereocenters. The zero-order valence-electron chi connectivity index (χ0n) is 12.8.